The van der Waals surface area contributed by atoms with Gasteiger partial charge in [-0.15, -0.1) is 12.4 Å². The second-order valence-electron chi connectivity index (χ2n) is 5.24. The van der Waals surface area contributed by atoms with Crippen molar-refractivity contribution >= 4 is 45.6 Å². The van der Waals surface area contributed by atoms with Crippen LogP contribution in [0.25, 0.3) is 0 Å². The normalized spacial score (nSPS) is 23.1. The van der Waals surface area contributed by atoms with Crippen LogP contribution in [-0.2, 0) is 10.0 Å². The van der Waals surface area contributed by atoms with E-state index in [4.69, 9.17) is 28.9 Å². The summed E-state index contributed by atoms with van der Waals surface area (Å²) in [5.41, 5.74) is 5.73. The molecule has 0 spiro atoms. The molecule has 1 aliphatic heterocycles. The van der Waals surface area contributed by atoms with Gasteiger partial charge in [-0.2, -0.15) is 4.31 Å². The Kier molecular flexibility index (Phi) is 6.92. The van der Waals surface area contributed by atoms with Gasteiger partial charge in [-0.25, -0.2) is 12.8 Å². The summed E-state index contributed by atoms with van der Waals surface area (Å²) in [7, 11) is -3.91. The summed E-state index contributed by atoms with van der Waals surface area (Å²) < 4.78 is 40.3. The Bertz CT molecular complexity index is 619. The zero-order valence-electron chi connectivity index (χ0n) is 11.9. The van der Waals surface area contributed by atoms with Gasteiger partial charge < -0.3 is 5.73 Å². The molecule has 0 aromatic heterocycles. The largest absolute Gasteiger partial charge is 0.329 e. The van der Waals surface area contributed by atoms with Crippen LogP contribution in [0.3, 0.4) is 0 Å². The number of sulfonamides is 1. The Balaban J connectivity index is 0.00000242. The third-order valence-corrected chi connectivity index (χ3v) is 6.68. The molecule has 4 nitrogen and oxygen atoms in total. The molecule has 0 radical (unpaired) electrons. The minimum Gasteiger partial charge on any atom is -0.329 e. The van der Waals surface area contributed by atoms with Crippen LogP contribution in [0.2, 0.25) is 10.0 Å². The molecular formula is C13H18Cl3FN2O2S. The van der Waals surface area contributed by atoms with Gasteiger partial charge in [0.25, 0.3) is 0 Å². The Morgan fingerprint density at radius 1 is 1.36 bits per heavy atom. The quantitative estimate of drug-likeness (QED) is 0.860. The number of rotatable bonds is 3. The monoisotopic (exact) mass is 390 g/mol. The zero-order valence-corrected chi connectivity index (χ0v) is 15.1. The molecular weight excluding hydrogens is 374 g/mol. The first-order valence-corrected chi connectivity index (χ1v) is 8.85. The summed E-state index contributed by atoms with van der Waals surface area (Å²) in [6.07, 6.45) is 1.66. The molecule has 1 heterocycles. The van der Waals surface area contributed by atoms with E-state index in [0.717, 1.165) is 25.0 Å². The Labute approximate surface area is 146 Å². The predicted molar refractivity (Wildman–Crippen MR) is 88.8 cm³/mol. The minimum atomic E-state index is -3.91. The zero-order chi connectivity index (χ0) is 15.8. The van der Waals surface area contributed by atoms with Gasteiger partial charge in [0.2, 0.25) is 10.0 Å². The first kappa shape index (κ1) is 19.9. The van der Waals surface area contributed by atoms with E-state index in [1.54, 1.807) is 0 Å². The van der Waals surface area contributed by atoms with Gasteiger partial charge in [-0.05, 0) is 30.9 Å². The topological polar surface area (TPSA) is 63.4 Å². The van der Waals surface area contributed by atoms with E-state index >= 15 is 0 Å². The summed E-state index contributed by atoms with van der Waals surface area (Å²) >= 11 is 11.8. The second-order valence-corrected chi connectivity index (χ2v) is 7.88. The fraction of sp³-hybridized carbons (Fsp3) is 0.538. The lowest BCUT2D eigenvalue weighted by Crippen LogP contribution is -2.51. The van der Waals surface area contributed by atoms with Crippen molar-refractivity contribution < 1.29 is 12.8 Å². The highest BCUT2D eigenvalue weighted by molar-refractivity contribution is 7.89. The summed E-state index contributed by atoms with van der Waals surface area (Å²) in [6, 6.07) is 1.59. The molecule has 2 atom stereocenters. The summed E-state index contributed by atoms with van der Waals surface area (Å²) in [4.78, 5) is -0.250. The number of hydrogen-bond donors (Lipinski definition) is 1. The van der Waals surface area contributed by atoms with Crippen molar-refractivity contribution in [3.8, 4) is 0 Å². The van der Waals surface area contributed by atoms with E-state index in [1.807, 2.05) is 6.92 Å². The lowest BCUT2D eigenvalue weighted by Gasteiger charge is -2.38. The SMILES string of the molecule is CC1CCCN(S(=O)(=O)c2c(Cl)cc(F)cc2Cl)C1CN.Cl. The average Bonchev–Trinajstić information content (AvgIpc) is 2.36. The predicted octanol–water partition coefficient (Wildman–Crippen LogP) is 3.30. The lowest BCUT2D eigenvalue weighted by molar-refractivity contribution is 0.192. The fourth-order valence-corrected chi connectivity index (χ4v) is 5.66. The molecule has 1 aromatic carbocycles. The van der Waals surface area contributed by atoms with E-state index < -0.39 is 15.8 Å². The van der Waals surface area contributed by atoms with Crippen LogP contribution in [0.1, 0.15) is 19.8 Å². The van der Waals surface area contributed by atoms with Crippen molar-refractivity contribution in [3.63, 3.8) is 0 Å². The van der Waals surface area contributed by atoms with Crippen molar-refractivity contribution in [1.82, 2.24) is 4.31 Å². The third kappa shape index (κ3) is 3.68. The summed E-state index contributed by atoms with van der Waals surface area (Å²) in [5.74, 6) is -0.525. The van der Waals surface area contributed by atoms with Crippen LogP contribution in [0.4, 0.5) is 4.39 Å². The molecule has 1 aromatic rings. The van der Waals surface area contributed by atoms with Gasteiger partial charge in [0.15, 0.2) is 0 Å². The van der Waals surface area contributed by atoms with E-state index in [2.05, 4.69) is 0 Å². The van der Waals surface area contributed by atoms with Gasteiger partial charge in [-0.3, -0.25) is 0 Å². The van der Waals surface area contributed by atoms with E-state index in [0.29, 0.717) is 6.54 Å². The molecule has 2 N–H and O–H groups in total. The third-order valence-electron chi connectivity index (χ3n) is 3.84. The van der Waals surface area contributed by atoms with Gasteiger partial charge in [-0.1, -0.05) is 30.1 Å². The Morgan fingerprint density at radius 2 is 1.91 bits per heavy atom. The highest BCUT2D eigenvalue weighted by Gasteiger charge is 2.38. The van der Waals surface area contributed by atoms with Crippen molar-refractivity contribution in [3.05, 3.63) is 28.0 Å². The summed E-state index contributed by atoms with van der Waals surface area (Å²) in [6.45, 7) is 2.54. The highest BCUT2D eigenvalue weighted by atomic mass is 35.5. The van der Waals surface area contributed by atoms with E-state index in [1.165, 1.54) is 4.31 Å². The molecule has 9 heteroatoms. The van der Waals surface area contributed by atoms with Crippen LogP contribution < -0.4 is 5.73 Å². The number of nitrogens with two attached hydrogens (primary N) is 1. The molecule has 1 fully saturated rings. The molecule has 0 aliphatic carbocycles. The maximum Gasteiger partial charge on any atom is 0.246 e. The van der Waals surface area contributed by atoms with Gasteiger partial charge in [0.05, 0.1) is 10.0 Å². The molecule has 1 saturated heterocycles. The first-order valence-electron chi connectivity index (χ1n) is 6.65. The maximum absolute atomic E-state index is 13.2. The van der Waals surface area contributed by atoms with Crippen molar-refractivity contribution in [1.29, 1.82) is 0 Å². The van der Waals surface area contributed by atoms with Crippen molar-refractivity contribution in [2.45, 2.75) is 30.7 Å². The smallest absolute Gasteiger partial charge is 0.246 e. The number of halogens is 4. The number of piperidine rings is 1. The van der Waals surface area contributed by atoms with Gasteiger partial charge >= 0.3 is 0 Å². The van der Waals surface area contributed by atoms with Crippen LogP contribution in [-0.4, -0.2) is 31.9 Å². The number of nitrogens with zero attached hydrogens (tertiary/aromatic N) is 1. The fourth-order valence-electron chi connectivity index (χ4n) is 2.75. The molecule has 0 saturated carbocycles. The molecule has 2 unspecified atom stereocenters. The van der Waals surface area contributed by atoms with E-state index in [9.17, 15) is 12.8 Å². The summed E-state index contributed by atoms with van der Waals surface area (Å²) in [5, 5.41) is -0.428. The van der Waals surface area contributed by atoms with Gasteiger partial charge in [0, 0.05) is 19.1 Å². The molecule has 0 bridgehead atoms. The van der Waals surface area contributed by atoms with Crippen LogP contribution in [0.15, 0.2) is 17.0 Å². The molecule has 2 rings (SSSR count). The van der Waals surface area contributed by atoms with Crippen molar-refractivity contribution in [2.75, 3.05) is 13.1 Å². The highest BCUT2D eigenvalue weighted by Crippen LogP contribution is 2.36. The first-order chi connectivity index (χ1) is 9.78. The average molecular weight is 392 g/mol. The number of hydrogen-bond acceptors (Lipinski definition) is 3. The van der Waals surface area contributed by atoms with Gasteiger partial charge in [0.1, 0.15) is 10.7 Å². The second kappa shape index (κ2) is 7.64. The van der Waals surface area contributed by atoms with Crippen LogP contribution in [0.5, 0.6) is 0 Å². The van der Waals surface area contributed by atoms with Crippen LogP contribution >= 0.6 is 35.6 Å². The maximum atomic E-state index is 13.2. The minimum absolute atomic E-state index is 0. The van der Waals surface area contributed by atoms with E-state index in [-0.39, 0.29) is 45.9 Å². The molecule has 0 amide bonds. The standard InChI is InChI=1S/C13H17Cl2FN2O2S.ClH/c1-8-3-2-4-18(12(8)7-17)21(19,20)13-10(14)5-9(16)6-11(13)15;/h5-6,8,12H,2-4,7,17H2,1H3;1H. The Hall–Kier alpha value is -0.110. The van der Waals surface area contributed by atoms with Crippen LogP contribution in [0, 0.1) is 11.7 Å². The molecule has 1 aliphatic rings. The molecule has 126 valence electrons. The number of benzene rings is 1. The molecule has 22 heavy (non-hydrogen) atoms. The Morgan fingerprint density at radius 3 is 2.41 bits per heavy atom. The van der Waals surface area contributed by atoms with Crippen molar-refractivity contribution in [2.24, 2.45) is 11.7 Å². The lowest BCUT2D eigenvalue weighted by atomic mass is 9.93.